The highest BCUT2D eigenvalue weighted by Crippen LogP contribution is 2.29. The van der Waals surface area contributed by atoms with E-state index in [4.69, 9.17) is 4.74 Å². The smallest absolute Gasteiger partial charge is 0.416 e. The zero-order valence-electron chi connectivity index (χ0n) is 16.3. The van der Waals surface area contributed by atoms with E-state index in [9.17, 15) is 22.8 Å². The Morgan fingerprint density at radius 1 is 1.07 bits per heavy atom. The van der Waals surface area contributed by atoms with Gasteiger partial charge in [0.2, 0.25) is 5.91 Å². The van der Waals surface area contributed by atoms with Gasteiger partial charge in [0.05, 0.1) is 5.56 Å². The average Bonchev–Trinajstić information content (AvgIpc) is 2.95. The van der Waals surface area contributed by atoms with E-state index in [0.29, 0.717) is 24.3 Å². The Bertz CT molecular complexity index is 854. The van der Waals surface area contributed by atoms with Crippen molar-refractivity contribution >= 4 is 11.8 Å². The normalized spacial score (nSPS) is 17.0. The van der Waals surface area contributed by atoms with Gasteiger partial charge in [-0.2, -0.15) is 13.2 Å². The Labute approximate surface area is 172 Å². The SMILES string of the molecule is O=C1NCCCC[C@@H]1N(Cc1ccc(C(F)(F)F)cc1)C(=O)COc1ccccc1. The lowest BCUT2D eigenvalue weighted by atomic mass is 10.1. The topological polar surface area (TPSA) is 58.6 Å². The van der Waals surface area contributed by atoms with Crippen LogP contribution < -0.4 is 10.1 Å². The van der Waals surface area contributed by atoms with Crippen LogP contribution >= 0.6 is 0 Å². The van der Waals surface area contributed by atoms with Crippen LogP contribution in [0.15, 0.2) is 54.6 Å². The molecule has 30 heavy (non-hydrogen) atoms. The number of ether oxygens (including phenoxy) is 1. The van der Waals surface area contributed by atoms with E-state index < -0.39 is 23.7 Å². The zero-order chi connectivity index (χ0) is 21.6. The van der Waals surface area contributed by atoms with Gasteiger partial charge < -0.3 is 15.0 Å². The van der Waals surface area contributed by atoms with Crippen LogP contribution in [0.1, 0.15) is 30.4 Å². The first-order chi connectivity index (χ1) is 14.3. The Kier molecular flexibility index (Phi) is 6.97. The van der Waals surface area contributed by atoms with Crippen LogP contribution in [-0.2, 0) is 22.3 Å². The summed E-state index contributed by atoms with van der Waals surface area (Å²) in [5, 5.41) is 2.80. The van der Waals surface area contributed by atoms with Crippen LogP contribution in [0.25, 0.3) is 0 Å². The molecule has 5 nitrogen and oxygen atoms in total. The molecular formula is C22H23F3N2O3. The molecule has 0 aromatic heterocycles. The van der Waals surface area contributed by atoms with E-state index >= 15 is 0 Å². The lowest BCUT2D eigenvalue weighted by Crippen LogP contribution is -2.49. The van der Waals surface area contributed by atoms with Crippen LogP contribution in [-0.4, -0.2) is 35.9 Å². The molecule has 2 aromatic rings. The summed E-state index contributed by atoms with van der Waals surface area (Å²) in [5.74, 6) is -0.140. The maximum absolute atomic E-state index is 12.9. The summed E-state index contributed by atoms with van der Waals surface area (Å²) < 4.78 is 44.0. The fourth-order valence-electron chi connectivity index (χ4n) is 3.33. The Morgan fingerprint density at radius 2 is 1.77 bits per heavy atom. The molecule has 1 aliphatic heterocycles. The van der Waals surface area contributed by atoms with Crippen molar-refractivity contribution in [3.63, 3.8) is 0 Å². The van der Waals surface area contributed by atoms with Crippen molar-refractivity contribution in [2.45, 2.75) is 38.0 Å². The third-order valence-corrected chi connectivity index (χ3v) is 4.94. The first-order valence-corrected chi connectivity index (χ1v) is 9.76. The van der Waals surface area contributed by atoms with Gasteiger partial charge >= 0.3 is 6.18 Å². The van der Waals surface area contributed by atoms with Crippen LogP contribution in [0.4, 0.5) is 13.2 Å². The molecule has 1 aliphatic rings. The van der Waals surface area contributed by atoms with Crippen LogP contribution in [0, 0.1) is 0 Å². The molecular weight excluding hydrogens is 397 g/mol. The van der Waals surface area contributed by atoms with Gasteiger partial charge in [0.15, 0.2) is 6.61 Å². The largest absolute Gasteiger partial charge is 0.484 e. The molecule has 1 fully saturated rings. The predicted octanol–water partition coefficient (Wildman–Crippen LogP) is 3.78. The maximum Gasteiger partial charge on any atom is 0.416 e. The van der Waals surface area contributed by atoms with Gasteiger partial charge in [0, 0.05) is 13.1 Å². The van der Waals surface area contributed by atoms with E-state index in [1.807, 2.05) is 6.07 Å². The molecule has 0 saturated carbocycles. The van der Waals surface area contributed by atoms with Gasteiger partial charge in [0.1, 0.15) is 11.8 Å². The number of alkyl halides is 3. The van der Waals surface area contributed by atoms with Crippen LogP contribution in [0.5, 0.6) is 5.75 Å². The summed E-state index contributed by atoms with van der Waals surface area (Å²) in [7, 11) is 0. The summed E-state index contributed by atoms with van der Waals surface area (Å²) >= 11 is 0. The minimum absolute atomic E-state index is 0.0210. The molecule has 160 valence electrons. The first-order valence-electron chi connectivity index (χ1n) is 9.76. The standard InChI is InChI=1S/C22H23F3N2O3/c23-22(24,25)17-11-9-16(10-12-17)14-27(19-8-4-5-13-26-21(19)29)20(28)15-30-18-6-2-1-3-7-18/h1-3,6-7,9-12,19H,4-5,8,13-15H2,(H,26,29)/t19-/m0/s1. The second-order valence-electron chi connectivity index (χ2n) is 7.12. The third-order valence-electron chi connectivity index (χ3n) is 4.94. The lowest BCUT2D eigenvalue weighted by Gasteiger charge is -2.30. The van der Waals surface area contributed by atoms with Gasteiger partial charge in [-0.3, -0.25) is 9.59 Å². The van der Waals surface area contributed by atoms with Gasteiger partial charge in [-0.1, -0.05) is 30.3 Å². The third kappa shape index (κ3) is 5.75. The number of nitrogens with zero attached hydrogens (tertiary/aromatic N) is 1. The number of carbonyl (C=O) groups is 2. The molecule has 0 bridgehead atoms. The number of carbonyl (C=O) groups excluding carboxylic acids is 2. The highest BCUT2D eigenvalue weighted by molar-refractivity contribution is 5.88. The molecule has 1 heterocycles. The van der Waals surface area contributed by atoms with E-state index in [0.717, 1.165) is 25.0 Å². The molecule has 8 heteroatoms. The van der Waals surface area contributed by atoms with Crippen molar-refractivity contribution in [3.05, 3.63) is 65.7 Å². The molecule has 2 aromatic carbocycles. The molecule has 3 rings (SSSR count). The van der Waals surface area contributed by atoms with Gasteiger partial charge in [-0.05, 0) is 49.1 Å². The molecule has 1 saturated heterocycles. The Morgan fingerprint density at radius 3 is 2.43 bits per heavy atom. The van der Waals surface area contributed by atoms with Crippen molar-refractivity contribution in [2.75, 3.05) is 13.2 Å². The maximum atomic E-state index is 12.9. The zero-order valence-corrected chi connectivity index (χ0v) is 16.3. The predicted molar refractivity (Wildman–Crippen MR) is 105 cm³/mol. The summed E-state index contributed by atoms with van der Waals surface area (Å²) in [5.41, 5.74) is -0.253. The molecule has 2 amide bonds. The fourth-order valence-corrected chi connectivity index (χ4v) is 3.33. The monoisotopic (exact) mass is 420 g/mol. The molecule has 1 N–H and O–H groups in total. The van der Waals surface area contributed by atoms with Gasteiger partial charge in [-0.15, -0.1) is 0 Å². The van der Waals surface area contributed by atoms with Crippen LogP contribution in [0.2, 0.25) is 0 Å². The summed E-state index contributed by atoms with van der Waals surface area (Å²) in [6, 6.07) is 12.7. The van der Waals surface area contributed by atoms with Crippen LogP contribution in [0.3, 0.4) is 0 Å². The number of hydrogen-bond acceptors (Lipinski definition) is 3. The minimum Gasteiger partial charge on any atom is -0.484 e. The number of halogens is 3. The second-order valence-corrected chi connectivity index (χ2v) is 7.12. The molecule has 1 atom stereocenters. The van der Waals surface area contributed by atoms with Crippen molar-refractivity contribution in [2.24, 2.45) is 0 Å². The average molecular weight is 420 g/mol. The number of para-hydroxylation sites is 1. The van der Waals surface area contributed by atoms with Gasteiger partial charge in [0.25, 0.3) is 5.91 Å². The number of nitrogens with one attached hydrogen (secondary N) is 1. The summed E-state index contributed by atoms with van der Waals surface area (Å²) in [6.45, 7) is 0.291. The Balaban J connectivity index is 1.77. The highest BCUT2D eigenvalue weighted by atomic mass is 19.4. The van der Waals surface area contributed by atoms with E-state index in [2.05, 4.69) is 5.32 Å². The number of amides is 2. The number of benzene rings is 2. The summed E-state index contributed by atoms with van der Waals surface area (Å²) in [4.78, 5) is 26.9. The fraction of sp³-hybridized carbons (Fsp3) is 0.364. The quantitative estimate of drug-likeness (QED) is 0.774. The lowest BCUT2D eigenvalue weighted by molar-refractivity contribution is -0.142. The van der Waals surface area contributed by atoms with Gasteiger partial charge in [-0.25, -0.2) is 0 Å². The van der Waals surface area contributed by atoms with E-state index in [1.165, 1.54) is 17.0 Å². The van der Waals surface area contributed by atoms with Crippen molar-refractivity contribution in [1.82, 2.24) is 10.2 Å². The Hall–Kier alpha value is -3.03. The first kappa shape index (κ1) is 21.7. The number of hydrogen-bond donors (Lipinski definition) is 1. The van der Waals surface area contributed by atoms with Crippen molar-refractivity contribution in [3.8, 4) is 5.75 Å². The van der Waals surface area contributed by atoms with Crippen molar-refractivity contribution in [1.29, 1.82) is 0 Å². The molecule has 0 spiro atoms. The second kappa shape index (κ2) is 9.65. The number of rotatable bonds is 6. The summed E-state index contributed by atoms with van der Waals surface area (Å²) in [6.07, 6.45) is -2.37. The molecule has 0 radical (unpaired) electrons. The molecule has 0 aliphatic carbocycles. The van der Waals surface area contributed by atoms with Crippen molar-refractivity contribution < 1.29 is 27.5 Å². The van der Waals surface area contributed by atoms with E-state index in [-0.39, 0.29) is 19.1 Å². The molecule has 0 unspecified atom stereocenters. The highest BCUT2D eigenvalue weighted by Gasteiger charge is 2.32. The minimum atomic E-state index is -4.43. The van der Waals surface area contributed by atoms with E-state index in [1.54, 1.807) is 24.3 Å².